The van der Waals surface area contributed by atoms with Crippen LogP contribution < -0.4 is 5.32 Å². The highest BCUT2D eigenvalue weighted by Crippen LogP contribution is 2.18. The van der Waals surface area contributed by atoms with E-state index in [1.807, 2.05) is 36.9 Å². The molecule has 0 bridgehead atoms. The molecule has 2 atom stereocenters. The van der Waals surface area contributed by atoms with Gasteiger partial charge in [0, 0.05) is 12.2 Å². The number of anilines is 1. The average Bonchev–Trinajstić information content (AvgIpc) is 2.38. The van der Waals surface area contributed by atoms with Crippen molar-refractivity contribution in [3.8, 4) is 0 Å². The van der Waals surface area contributed by atoms with E-state index in [0.29, 0.717) is 19.0 Å². The monoisotopic (exact) mass is 276 g/mol. The molecule has 1 heterocycles. The number of rotatable bonds is 3. The van der Waals surface area contributed by atoms with Crippen LogP contribution in [0.15, 0.2) is 18.2 Å². The molecule has 2 rings (SSSR count). The number of aliphatic hydroxyl groups excluding tert-OH is 1. The molecule has 20 heavy (non-hydrogen) atoms. The molecule has 1 amide bonds. The quantitative estimate of drug-likeness (QED) is 0.887. The molecular formula is C16H24N2O2. The number of nitrogens with zero attached hydrogens (tertiary/aromatic N) is 1. The van der Waals surface area contributed by atoms with E-state index in [2.05, 4.69) is 12.2 Å². The number of likely N-dealkylation sites (tertiary alicyclic amines) is 1. The van der Waals surface area contributed by atoms with E-state index in [0.717, 1.165) is 29.8 Å². The lowest BCUT2D eigenvalue weighted by molar-refractivity contribution is -0.118. The standard InChI is InChI=1S/C16H24N2O2/c1-11-4-5-12(2)14(8-11)17-16(20)10-18-7-6-13(3)15(19)9-18/h4-5,8,13,15,19H,6-7,9-10H2,1-3H3,(H,17,20). The Hall–Kier alpha value is -1.39. The lowest BCUT2D eigenvalue weighted by atomic mass is 9.96. The van der Waals surface area contributed by atoms with Crippen molar-refractivity contribution in [1.29, 1.82) is 0 Å². The number of benzene rings is 1. The molecule has 1 saturated heterocycles. The molecular weight excluding hydrogens is 252 g/mol. The largest absolute Gasteiger partial charge is 0.392 e. The molecule has 0 saturated carbocycles. The first kappa shape index (κ1) is 15.0. The number of hydrogen-bond donors (Lipinski definition) is 2. The van der Waals surface area contributed by atoms with E-state index in [4.69, 9.17) is 0 Å². The Kier molecular flexibility index (Phi) is 4.78. The van der Waals surface area contributed by atoms with Gasteiger partial charge in [0.1, 0.15) is 0 Å². The Morgan fingerprint density at radius 2 is 2.20 bits per heavy atom. The predicted molar refractivity (Wildman–Crippen MR) is 80.8 cm³/mol. The fourth-order valence-electron chi connectivity index (χ4n) is 2.52. The molecule has 0 spiro atoms. The Morgan fingerprint density at radius 3 is 2.90 bits per heavy atom. The van der Waals surface area contributed by atoms with Crippen molar-refractivity contribution in [2.24, 2.45) is 5.92 Å². The summed E-state index contributed by atoms with van der Waals surface area (Å²) in [6.45, 7) is 7.86. The summed E-state index contributed by atoms with van der Waals surface area (Å²) in [4.78, 5) is 14.1. The summed E-state index contributed by atoms with van der Waals surface area (Å²) in [5.41, 5.74) is 3.07. The highest BCUT2D eigenvalue weighted by Gasteiger charge is 2.25. The second-order valence-electron chi connectivity index (χ2n) is 5.93. The van der Waals surface area contributed by atoms with Crippen LogP contribution in [0.25, 0.3) is 0 Å². The first-order valence-electron chi connectivity index (χ1n) is 7.23. The van der Waals surface area contributed by atoms with E-state index in [1.54, 1.807) is 0 Å². The van der Waals surface area contributed by atoms with Gasteiger partial charge in [-0.15, -0.1) is 0 Å². The summed E-state index contributed by atoms with van der Waals surface area (Å²) in [7, 11) is 0. The fraction of sp³-hybridized carbons (Fsp3) is 0.562. The zero-order chi connectivity index (χ0) is 14.7. The van der Waals surface area contributed by atoms with Crippen LogP contribution in [0.3, 0.4) is 0 Å². The van der Waals surface area contributed by atoms with Gasteiger partial charge in [0.25, 0.3) is 0 Å². The number of β-amino-alcohol motifs (C(OH)–C–C–N with tert-alkyl or cyclic N) is 1. The molecule has 1 aromatic carbocycles. The lowest BCUT2D eigenvalue weighted by Crippen LogP contribution is -2.45. The van der Waals surface area contributed by atoms with E-state index in [-0.39, 0.29) is 12.0 Å². The molecule has 1 aliphatic heterocycles. The molecule has 2 N–H and O–H groups in total. The molecule has 4 heteroatoms. The van der Waals surface area contributed by atoms with Gasteiger partial charge < -0.3 is 10.4 Å². The average molecular weight is 276 g/mol. The number of aliphatic hydroxyl groups is 1. The zero-order valence-corrected chi connectivity index (χ0v) is 12.5. The molecule has 1 fully saturated rings. The predicted octanol–water partition coefficient (Wildman–Crippen LogP) is 1.94. The summed E-state index contributed by atoms with van der Waals surface area (Å²) >= 11 is 0. The van der Waals surface area contributed by atoms with Crippen molar-refractivity contribution in [3.05, 3.63) is 29.3 Å². The second kappa shape index (κ2) is 6.37. The van der Waals surface area contributed by atoms with Gasteiger partial charge in [-0.1, -0.05) is 19.1 Å². The van der Waals surface area contributed by atoms with Gasteiger partial charge in [0.15, 0.2) is 0 Å². The molecule has 0 radical (unpaired) electrons. The van der Waals surface area contributed by atoms with E-state index in [9.17, 15) is 9.90 Å². The van der Waals surface area contributed by atoms with E-state index < -0.39 is 0 Å². The molecule has 1 aliphatic rings. The Bertz CT molecular complexity index is 487. The van der Waals surface area contributed by atoms with Gasteiger partial charge in [-0.3, -0.25) is 9.69 Å². The number of amides is 1. The first-order chi connectivity index (χ1) is 9.45. The van der Waals surface area contributed by atoms with Crippen LogP contribution in [0.2, 0.25) is 0 Å². The third kappa shape index (κ3) is 3.81. The number of aryl methyl sites for hydroxylation is 2. The topological polar surface area (TPSA) is 52.6 Å². The third-order valence-electron chi connectivity index (χ3n) is 4.04. The molecule has 110 valence electrons. The fourth-order valence-corrected chi connectivity index (χ4v) is 2.52. The SMILES string of the molecule is Cc1ccc(C)c(NC(=O)CN2CCC(C)C(O)C2)c1. The Morgan fingerprint density at radius 1 is 1.45 bits per heavy atom. The number of carbonyl (C=O) groups excluding carboxylic acids is 1. The summed E-state index contributed by atoms with van der Waals surface area (Å²) in [6.07, 6.45) is 0.620. The highest BCUT2D eigenvalue weighted by molar-refractivity contribution is 5.93. The van der Waals surface area contributed by atoms with Crippen LogP contribution in [-0.4, -0.2) is 41.7 Å². The maximum atomic E-state index is 12.1. The number of hydrogen-bond acceptors (Lipinski definition) is 3. The van der Waals surface area contributed by atoms with E-state index >= 15 is 0 Å². The van der Waals surface area contributed by atoms with Gasteiger partial charge >= 0.3 is 0 Å². The molecule has 0 aromatic heterocycles. The molecule has 1 aromatic rings. The minimum atomic E-state index is -0.322. The van der Waals surface area contributed by atoms with Crippen LogP contribution in [0.5, 0.6) is 0 Å². The van der Waals surface area contributed by atoms with Gasteiger partial charge in [0.2, 0.25) is 5.91 Å². The number of carbonyl (C=O) groups is 1. The van der Waals surface area contributed by atoms with Gasteiger partial charge in [-0.25, -0.2) is 0 Å². The van der Waals surface area contributed by atoms with Gasteiger partial charge in [0.05, 0.1) is 12.6 Å². The van der Waals surface area contributed by atoms with E-state index in [1.165, 1.54) is 0 Å². The van der Waals surface area contributed by atoms with Crippen LogP contribution in [-0.2, 0) is 4.79 Å². The van der Waals surface area contributed by atoms with Crippen LogP contribution in [0.4, 0.5) is 5.69 Å². The Labute approximate surface area is 120 Å². The van der Waals surface area contributed by atoms with Crippen LogP contribution >= 0.6 is 0 Å². The third-order valence-corrected chi connectivity index (χ3v) is 4.04. The Balaban J connectivity index is 1.91. The summed E-state index contributed by atoms with van der Waals surface area (Å²) in [5.74, 6) is 0.314. The molecule has 2 unspecified atom stereocenters. The van der Waals surface area contributed by atoms with Crippen molar-refractivity contribution >= 4 is 11.6 Å². The van der Waals surface area contributed by atoms with Crippen molar-refractivity contribution in [2.75, 3.05) is 25.0 Å². The lowest BCUT2D eigenvalue weighted by Gasteiger charge is -2.33. The summed E-state index contributed by atoms with van der Waals surface area (Å²) in [6, 6.07) is 6.03. The van der Waals surface area contributed by atoms with Crippen molar-refractivity contribution in [1.82, 2.24) is 4.90 Å². The van der Waals surface area contributed by atoms with Gasteiger partial charge in [-0.05, 0) is 49.9 Å². The normalized spacial score (nSPS) is 23.6. The summed E-state index contributed by atoms with van der Waals surface area (Å²) in [5, 5.41) is 12.8. The maximum Gasteiger partial charge on any atom is 0.238 e. The number of nitrogens with one attached hydrogen (secondary N) is 1. The highest BCUT2D eigenvalue weighted by atomic mass is 16.3. The number of piperidine rings is 1. The van der Waals surface area contributed by atoms with Crippen molar-refractivity contribution < 1.29 is 9.90 Å². The first-order valence-corrected chi connectivity index (χ1v) is 7.23. The molecule has 0 aliphatic carbocycles. The van der Waals surface area contributed by atoms with Crippen LogP contribution in [0, 0.1) is 19.8 Å². The summed E-state index contributed by atoms with van der Waals surface area (Å²) < 4.78 is 0. The van der Waals surface area contributed by atoms with Crippen molar-refractivity contribution in [3.63, 3.8) is 0 Å². The second-order valence-corrected chi connectivity index (χ2v) is 5.93. The molecule has 4 nitrogen and oxygen atoms in total. The minimum absolute atomic E-state index is 0.0135. The van der Waals surface area contributed by atoms with Crippen molar-refractivity contribution in [2.45, 2.75) is 33.3 Å². The maximum absolute atomic E-state index is 12.1. The van der Waals surface area contributed by atoms with Gasteiger partial charge in [-0.2, -0.15) is 0 Å². The smallest absolute Gasteiger partial charge is 0.238 e. The minimum Gasteiger partial charge on any atom is -0.392 e. The zero-order valence-electron chi connectivity index (χ0n) is 12.5. The van der Waals surface area contributed by atoms with Crippen LogP contribution in [0.1, 0.15) is 24.5 Å².